The molecule has 0 bridgehead atoms. The van der Waals surface area contributed by atoms with Crippen LogP contribution in [-0.4, -0.2) is 35.9 Å². The molecule has 0 atom stereocenters. The standard InChI is InChI=1S/C25H25NO3/c1-18-10-12-19(13-11-18)16-26(14-15-27)25(28)29-17-24-22-8-4-2-6-20(22)21-7-3-5-9-23(21)24/h2-13,24,27H,14-17H2,1H3. The number of hydrogen-bond acceptors (Lipinski definition) is 3. The van der Waals surface area contributed by atoms with Crippen molar-refractivity contribution in [2.75, 3.05) is 19.8 Å². The Bertz CT molecular complexity index is 951. The predicted molar refractivity (Wildman–Crippen MR) is 114 cm³/mol. The highest BCUT2D eigenvalue weighted by Gasteiger charge is 2.29. The van der Waals surface area contributed by atoms with Gasteiger partial charge >= 0.3 is 6.09 Å². The molecule has 0 unspecified atom stereocenters. The van der Waals surface area contributed by atoms with E-state index in [9.17, 15) is 9.90 Å². The Balaban J connectivity index is 1.48. The fourth-order valence-corrected chi connectivity index (χ4v) is 3.95. The molecule has 4 heteroatoms. The Labute approximate surface area is 171 Å². The van der Waals surface area contributed by atoms with Gasteiger partial charge in [-0.3, -0.25) is 0 Å². The number of aryl methyl sites for hydroxylation is 1. The van der Waals surface area contributed by atoms with E-state index in [1.807, 2.05) is 55.5 Å². The molecular weight excluding hydrogens is 362 g/mol. The SMILES string of the molecule is Cc1ccc(CN(CCO)C(=O)OCC2c3ccccc3-c3ccccc32)cc1. The molecule has 0 radical (unpaired) electrons. The van der Waals surface area contributed by atoms with Gasteiger partial charge in [0.05, 0.1) is 6.61 Å². The van der Waals surface area contributed by atoms with Gasteiger partial charge < -0.3 is 14.7 Å². The maximum Gasteiger partial charge on any atom is 0.410 e. The van der Waals surface area contributed by atoms with E-state index in [1.165, 1.54) is 27.8 Å². The number of aliphatic hydroxyl groups is 1. The number of fused-ring (bicyclic) bond motifs is 3. The van der Waals surface area contributed by atoms with E-state index in [4.69, 9.17) is 4.74 Å². The molecule has 1 aliphatic carbocycles. The van der Waals surface area contributed by atoms with Gasteiger partial charge in [-0.1, -0.05) is 78.4 Å². The molecule has 4 rings (SSSR count). The summed E-state index contributed by atoms with van der Waals surface area (Å²) in [6.45, 7) is 2.86. The number of hydrogen-bond donors (Lipinski definition) is 1. The van der Waals surface area contributed by atoms with E-state index < -0.39 is 6.09 Å². The highest BCUT2D eigenvalue weighted by molar-refractivity contribution is 5.79. The summed E-state index contributed by atoms with van der Waals surface area (Å²) in [4.78, 5) is 14.3. The van der Waals surface area contributed by atoms with Crippen LogP contribution in [0.3, 0.4) is 0 Å². The second-order valence-corrected chi connectivity index (χ2v) is 7.43. The van der Waals surface area contributed by atoms with E-state index >= 15 is 0 Å². The third-order valence-corrected chi connectivity index (χ3v) is 5.46. The van der Waals surface area contributed by atoms with Crippen molar-refractivity contribution >= 4 is 6.09 Å². The van der Waals surface area contributed by atoms with Crippen LogP contribution in [-0.2, 0) is 11.3 Å². The van der Waals surface area contributed by atoms with Gasteiger partial charge in [0.15, 0.2) is 0 Å². The number of aliphatic hydroxyl groups excluding tert-OH is 1. The first-order valence-electron chi connectivity index (χ1n) is 9.93. The third-order valence-electron chi connectivity index (χ3n) is 5.46. The topological polar surface area (TPSA) is 49.8 Å². The van der Waals surface area contributed by atoms with Crippen molar-refractivity contribution in [3.8, 4) is 11.1 Å². The number of amides is 1. The van der Waals surface area contributed by atoms with Crippen LogP contribution in [0.2, 0.25) is 0 Å². The van der Waals surface area contributed by atoms with Crippen molar-refractivity contribution in [1.82, 2.24) is 4.90 Å². The second kappa shape index (κ2) is 8.50. The lowest BCUT2D eigenvalue weighted by Gasteiger charge is -2.23. The van der Waals surface area contributed by atoms with E-state index in [2.05, 4.69) is 24.3 Å². The second-order valence-electron chi connectivity index (χ2n) is 7.43. The summed E-state index contributed by atoms with van der Waals surface area (Å²) in [7, 11) is 0. The highest BCUT2D eigenvalue weighted by Crippen LogP contribution is 2.44. The summed E-state index contributed by atoms with van der Waals surface area (Å²) in [5.74, 6) is 0.0294. The minimum atomic E-state index is -0.401. The first-order valence-corrected chi connectivity index (χ1v) is 9.93. The molecule has 0 saturated heterocycles. The van der Waals surface area contributed by atoms with Gasteiger partial charge in [0.25, 0.3) is 0 Å². The normalized spacial score (nSPS) is 12.3. The Morgan fingerprint density at radius 3 is 2.10 bits per heavy atom. The zero-order chi connectivity index (χ0) is 20.2. The fourth-order valence-electron chi connectivity index (χ4n) is 3.95. The molecule has 0 aliphatic heterocycles. The number of carbonyl (C=O) groups excluding carboxylic acids is 1. The molecule has 1 N–H and O–H groups in total. The summed E-state index contributed by atoms with van der Waals surface area (Å²) in [5.41, 5.74) is 6.97. The molecule has 0 saturated carbocycles. The summed E-state index contributed by atoms with van der Waals surface area (Å²) < 4.78 is 5.73. The van der Waals surface area contributed by atoms with Crippen LogP contribution in [0, 0.1) is 6.92 Å². The minimum Gasteiger partial charge on any atom is -0.448 e. The van der Waals surface area contributed by atoms with Crippen molar-refractivity contribution in [2.24, 2.45) is 0 Å². The average Bonchev–Trinajstić information content (AvgIpc) is 3.07. The van der Waals surface area contributed by atoms with Gasteiger partial charge in [-0.25, -0.2) is 4.79 Å². The van der Waals surface area contributed by atoms with Crippen LogP contribution in [0.5, 0.6) is 0 Å². The number of ether oxygens (including phenoxy) is 1. The first-order chi connectivity index (χ1) is 14.2. The lowest BCUT2D eigenvalue weighted by atomic mass is 9.98. The number of nitrogens with zero attached hydrogens (tertiary/aromatic N) is 1. The van der Waals surface area contributed by atoms with Crippen LogP contribution in [0.1, 0.15) is 28.2 Å². The lowest BCUT2D eigenvalue weighted by Crippen LogP contribution is -2.34. The zero-order valence-corrected chi connectivity index (χ0v) is 16.5. The molecule has 0 spiro atoms. The predicted octanol–water partition coefficient (Wildman–Crippen LogP) is 4.74. The molecule has 1 aliphatic rings. The largest absolute Gasteiger partial charge is 0.448 e. The molecule has 0 heterocycles. The Kier molecular flexibility index (Phi) is 5.63. The summed E-state index contributed by atoms with van der Waals surface area (Å²) in [5, 5.41) is 9.40. The van der Waals surface area contributed by atoms with Crippen molar-refractivity contribution < 1.29 is 14.6 Å². The summed E-state index contributed by atoms with van der Waals surface area (Å²) >= 11 is 0. The smallest absolute Gasteiger partial charge is 0.410 e. The molecule has 3 aromatic rings. The van der Waals surface area contributed by atoms with Crippen molar-refractivity contribution in [3.63, 3.8) is 0 Å². The Morgan fingerprint density at radius 2 is 1.52 bits per heavy atom. The van der Waals surface area contributed by atoms with Gasteiger partial charge in [-0.15, -0.1) is 0 Å². The van der Waals surface area contributed by atoms with Crippen LogP contribution < -0.4 is 0 Å². The monoisotopic (exact) mass is 387 g/mol. The molecule has 3 aromatic carbocycles. The maximum atomic E-state index is 12.8. The van der Waals surface area contributed by atoms with Crippen molar-refractivity contribution in [1.29, 1.82) is 0 Å². The fraction of sp³-hybridized carbons (Fsp3) is 0.240. The van der Waals surface area contributed by atoms with E-state index in [0.717, 1.165) is 5.56 Å². The van der Waals surface area contributed by atoms with Crippen LogP contribution >= 0.6 is 0 Å². The first kappa shape index (κ1) is 19.2. The molecule has 4 nitrogen and oxygen atoms in total. The van der Waals surface area contributed by atoms with Crippen LogP contribution in [0.15, 0.2) is 72.8 Å². The molecule has 29 heavy (non-hydrogen) atoms. The quantitative estimate of drug-likeness (QED) is 0.665. The summed E-state index contributed by atoms with van der Waals surface area (Å²) in [6.07, 6.45) is -0.401. The van der Waals surface area contributed by atoms with Crippen LogP contribution in [0.4, 0.5) is 4.79 Å². The zero-order valence-electron chi connectivity index (χ0n) is 16.5. The molecular formula is C25H25NO3. The van der Waals surface area contributed by atoms with Gasteiger partial charge in [0.1, 0.15) is 6.61 Å². The van der Waals surface area contributed by atoms with Crippen molar-refractivity contribution in [2.45, 2.75) is 19.4 Å². The Morgan fingerprint density at radius 1 is 0.931 bits per heavy atom. The van der Waals surface area contributed by atoms with E-state index in [1.54, 1.807) is 4.90 Å². The van der Waals surface area contributed by atoms with E-state index in [-0.39, 0.29) is 25.7 Å². The molecule has 148 valence electrons. The third kappa shape index (κ3) is 4.03. The molecule has 0 fully saturated rings. The van der Waals surface area contributed by atoms with Gasteiger partial charge in [-0.2, -0.15) is 0 Å². The molecule has 0 aromatic heterocycles. The number of benzene rings is 3. The van der Waals surface area contributed by atoms with Crippen molar-refractivity contribution in [3.05, 3.63) is 95.1 Å². The Hall–Kier alpha value is -3.11. The maximum absolute atomic E-state index is 12.8. The molecule has 1 amide bonds. The minimum absolute atomic E-state index is 0.0294. The lowest BCUT2D eigenvalue weighted by molar-refractivity contribution is 0.0892. The summed E-state index contributed by atoms with van der Waals surface area (Å²) in [6, 6.07) is 24.6. The number of carbonyl (C=O) groups is 1. The average molecular weight is 387 g/mol. The number of rotatable bonds is 6. The van der Waals surface area contributed by atoms with E-state index in [0.29, 0.717) is 6.54 Å². The van der Waals surface area contributed by atoms with Gasteiger partial charge in [0, 0.05) is 19.0 Å². The van der Waals surface area contributed by atoms with Gasteiger partial charge in [0.2, 0.25) is 0 Å². The van der Waals surface area contributed by atoms with Gasteiger partial charge in [-0.05, 0) is 34.7 Å². The highest BCUT2D eigenvalue weighted by atomic mass is 16.6. The van der Waals surface area contributed by atoms with Crippen LogP contribution in [0.25, 0.3) is 11.1 Å².